The molecule has 0 bridgehead atoms. The number of rotatable bonds is 4. The van der Waals surface area contributed by atoms with Crippen LogP contribution in [0.2, 0.25) is 13.6 Å². The first-order valence-corrected chi connectivity index (χ1v) is 8.74. The Kier molecular flexibility index (Phi) is 18.4. The molecule has 1 radical (unpaired) electrons. The number of hydrogen-bond donors (Lipinski definition) is 2. The van der Waals surface area contributed by atoms with E-state index in [0.29, 0.717) is 11.3 Å². The van der Waals surface area contributed by atoms with E-state index in [1.165, 1.54) is 33.3 Å². The Morgan fingerprint density at radius 3 is 1.79 bits per heavy atom. The molecule has 0 aliphatic heterocycles. The van der Waals surface area contributed by atoms with Gasteiger partial charge in [-0.05, 0) is 36.8 Å². The van der Waals surface area contributed by atoms with Crippen molar-refractivity contribution in [2.24, 2.45) is 0 Å². The van der Waals surface area contributed by atoms with Gasteiger partial charge in [0.2, 0.25) is 5.76 Å². The van der Waals surface area contributed by atoms with Crippen LogP contribution in [0.25, 0.3) is 0 Å². The Morgan fingerprint density at radius 1 is 0.966 bits per heavy atom. The van der Waals surface area contributed by atoms with Crippen LogP contribution in [0, 0.1) is 0 Å². The molecule has 1 heterocycles. The van der Waals surface area contributed by atoms with Gasteiger partial charge >= 0.3 is 11.9 Å². The highest BCUT2D eigenvalue weighted by molar-refractivity contribution is 6.31. The van der Waals surface area contributed by atoms with Crippen molar-refractivity contribution >= 4 is 19.2 Å². The zero-order valence-corrected chi connectivity index (χ0v) is 17.5. The second-order valence-corrected chi connectivity index (χ2v) is 5.11. The number of ether oxygens (including phenoxy) is 2. The van der Waals surface area contributed by atoms with Gasteiger partial charge in [-0.15, -0.1) is 0 Å². The first kappa shape index (κ1) is 28.6. The Morgan fingerprint density at radius 2 is 1.45 bits per heavy atom. The molecule has 0 unspecified atom stereocenters. The highest BCUT2D eigenvalue weighted by atomic mass is 19.1. The second kappa shape index (κ2) is 18.7. The summed E-state index contributed by atoms with van der Waals surface area (Å²) in [6, 6.07) is 9.59. The molecule has 0 saturated carbocycles. The lowest BCUT2D eigenvalue weighted by Gasteiger charge is -1.99. The number of esters is 2. The third-order valence-corrected chi connectivity index (χ3v) is 2.76. The van der Waals surface area contributed by atoms with Crippen LogP contribution in [0.5, 0.6) is 0 Å². The maximum atomic E-state index is 10.9. The number of benzene rings is 1. The van der Waals surface area contributed by atoms with Crippen LogP contribution < -0.4 is 0 Å². The standard InChI is InChI=1S/C9H10O3.C7H8O4.C2H6B.C2H5F/c1-12-9(11)8-4-2-7(6-10)3-5-8;1-10-7(9)6-3-2-5(4-8)11-6;1-3-2;1-2-3/h2-5,10H,6H2,1H3;2-3,8H,4H2,1H3;1-2H3;2H2,1H3. The van der Waals surface area contributed by atoms with Crippen molar-refractivity contribution < 1.29 is 38.1 Å². The number of carbonyl (C=O) groups excluding carboxylic acids is 2. The van der Waals surface area contributed by atoms with Crippen LogP contribution >= 0.6 is 0 Å². The minimum Gasteiger partial charge on any atom is -0.465 e. The number of aliphatic hydroxyl groups is 2. The van der Waals surface area contributed by atoms with Crippen LogP contribution in [0.1, 0.15) is 39.2 Å². The second-order valence-electron chi connectivity index (χ2n) is 5.11. The van der Waals surface area contributed by atoms with E-state index in [4.69, 9.17) is 14.6 Å². The van der Waals surface area contributed by atoms with E-state index >= 15 is 0 Å². The summed E-state index contributed by atoms with van der Waals surface area (Å²) in [5, 5.41) is 17.3. The number of hydrogen-bond acceptors (Lipinski definition) is 7. The fourth-order valence-corrected chi connectivity index (χ4v) is 1.54. The summed E-state index contributed by atoms with van der Waals surface area (Å²) in [4.78, 5) is 21.7. The number of furan rings is 1. The molecule has 0 atom stereocenters. The Balaban J connectivity index is 0. The van der Waals surface area contributed by atoms with Crippen LogP contribution in [0.15, 0.2) is 40.8 Å². The van der Waals surface area contributed by atoms with Gasteiger partial charge in [0, 0.05) is 0 Å². The highest BCUT2D eigenvalue weighted by Gasteiger charge is 2.09. The number of alkyl halides is 1. The monoisotopic (exact) mass is 411 g/mol. The van der Waals surface area contributed by atoms with E-state index in [1.54, 1.807) is 24.3 Å². The lowest BCUT2D eigenvalue weighted by Crippen LogP contribution is -2.00. The molecule has 0 fully saturated rings. The van der Waals surface area contributed by atoms with E-state index < -0.39 is 5.97 Å². The quantitative estimate of drug-likeness (QED) is 0.587. The molecule has 2 rings (SSSR count). The van der Waals surface area contributed by atoms with Crippen molar-refractivity contribution in [3.05, 3.63) is 59.0 Å². The fourth-order valence-electron chi connectivity index (χ4n) is 1.54. The third-order valence-electron chi connectivity index (χ3n) is 2.76. The maximum absolute atomic E-state index is 10.9. The number of carbonyl (C=O) groups is 2. The molecule has 0 aliphatic carbocycles. The summed E-state index contributed by atoms with van der Waals surface area (Å²) >= 11 is 0. The predicted octanol–water partition coefficient (Wildman–Crippen LogP) is 3.29. The van der Waals surface area contributed by atoms with E-state index in [9.17, 15) is 14.0 Å². The van der Waals surface area contributed by atoms with Crippen molar-refractivity contribution in [3.63, 3.8) is 0 Å². The summed E-state index contributed by atoms with van der Waals surface area (Å²) in [7, 11) is 4.60. The van der Waals surface area contributed by atoms with Crippen molar-refractivity contribution in [1.82, 2.24) is 0 Å². The molecule has 161 valence electrons. The molecule has 9 heteroatoms. The van der Waals surface area contributed by atoms with Crippen LogP contribution in [-0.2, 0) is 22.7 Å². The average Bonchev–Trinajstić information content (AvgIpc) is 3.23. The number of aliphatic hydroxyl groups excluding tert-OH is 2. The lowest BCUT2D eigenvalue weighted by atomic mass is 9.88. The highest BCUT2D eigenvalue weighted by Crippen LogP contribution is 2.08. The molecular weight excluding hydrogens is 382 g/mol. The van der Waals surface area contributed by atoms with Crippen molar-refractivity contribution in [2.45, 2.75) is 33.8 Å². The van der Waals surface area contributed by atoms with Crippen molar-refractivity contribution in [2.75, 3.05) is 20.9 Å². The zero-order valence-electron chi connectivity index (χ0n) is 17.5. The predicted molar refractivity (Wildman–Crippen MR) is 109 cm³/mol. The molecule has 1 aromatic carbocycles. The molecular formula is C20H29BFO7. The van der Waals surface area contributed by atoms with Gasteiger partial charge in [-0.25, -0.2) is 9.59 Å². The average molecular weight is 411 g/mol. The lowest BCUT2D eigenvalue weighted by molar-refractivity contribution is 0.0558. The topological polar surface area (TPSA) is 106 Å². The molecule has 2 aromatic rings. The molecule has 1 aromatic heterocycles. The number of methoxy groups -OCH3 is 2. The minimum atomic E-state index is -0.537. The van der Waals surface area contributed by atoms with Gasteiger partial charge in [-0.2, -0.15) is 0 Å². The van der Waals surface area contributed by atoms with Gasteiger partial charge in [0.1, 0.15) is 19.6 Å². The maximum Gasteiger partial charge on any atom is 0.373 e. The molecule has 0 saturated heterocycles. The van der Waals surface area contributed by atoms with Gasteiger partial charge in [-0.1, -0.05) is 25.8 Å². The van der Waals surface area contributed by atoms with Gasteiger partial charge in [0.15, 0.2) is 0 Å². The van der Waals surface area contributed by atoms with E-state index in [0.717, 1.165) is 5.56 Å². The molecule has 2 N–H and O–H groups in total. The van der Waals surface area contributed by atoms with E-state index in [2.05, 4.69) is 9.47 Å². The Hall–Kier alpha value is -2.65. The smallest absolute Gasteiger partial charge is 0.373 e. The van der Waals surface area contributed by atoms with Crippen molar-refractivity contribution in [1.29, 1.82) is 0 Å². The van der Waals surface area contributed by atoms with Gasteiger partial charge < -0.3 is 24.1 Å². The molecule has 0 amide bonds. The van der Waals surface area contributed by atoms with Crippen LogP contribution in [-0.4, -0.2) is 50.3 Å². The first-order valence-electron chi connectivity index (χ1n) is 8.74. The van der Waals surface area contributed by atoms with E-state index in [1.807, 2.05) is 20.9 Å². The molecule has 0 spiro atoms. The van der Waals surface area contributed by atoms with Gasteiger partial charge in [0.05, 0.1) is 33.1 Å². The Bertz CT molecular complexity index is 670. The molecule has 0 aliphatic rings. The summed E-state index contributed by atoms with van der Waals surface area (Å²) in [6.07, 6.45) is 0. The Labute approximate surface area is 171 Å². The van der Waals surface area contributed by atoms with Gasteiger partial charge in [-0.3, -0.25) is 4.39 Å². The zero-order chi connectivity index (χ0) is 22.7. The molecule has 7 nitrogen and oxygen atoms in total. The van der Waals surface area contributed by atoms with Gasteiger partial charge in [0.25, 0.3) is 0 Å². The summed E-state index contributed by atoms with van der Waals surface area (Å²) in [6.45, 7) is 4.98. The summed E-state index contributed by atoms with van der Waals surface area (Å²) < 4.78 is 24.0. The van der Waals surface area contributed by atoms with Crippen LogP contribution in [0.4, 0.5) is 4.39 Å². The first-order chi connectivity index (χ1) is 13.9. The van der Waals surface area contributed by atoms with E-state index in [-0.39, 0.29) is 31.6 Å². The minimum absolute atomic E-state index is 0.0124. The SMILES string of the molecule is CCF.COC(=O)c1ccc(CO)cc1.COC(=O)c1ccc(CO)o1.C[B]C. The normalized spacial score (nSPS) is 8.69. The fraction of sp³-hybridized carbons (Fsp3) is 0.400. The summed E-state index contributed by atoms with van der Waals surface area (Å²) in [5.41, 5.74) is 1.28. The third kappa shape index (κ3) is 13.2. The number of halogens is 1. The molecule has 29 heavy (non-hydrogen) atoms. The largest absolute Gasteiger partial charge is 0.465 e. The summed E-state index contributed by atoms with van der Waals surface area (Å²) in [5.74, 6) is -0.439. The van der Waals surface area contributed by atoms with Crippen LogP contribution in [0.3, 0.4) is 0 Å². The van der Waals surface area contributed by atoms with Crippen molar-refractivity contribution in [3.8, 4) is 0 Å².